The summed E-state index contributed by atoms with van der Waals surface area (Å²) in [6.45, 7) is 5.41. The van der Waals surface area contributed by atoms with Crippen molar-refractivity contribution >= 4 is 55.9 Å². The molecule has 0 bridgehead atoms. The van der Waals surface area contributed by atoms with Gasteiger partial charge in [-0.1, -0.05) is 37.1 Å². The molecular formula is C47H56N6O10S. The predicted molar refractivity (Wildman–Crippen MR) is 237 cm³/mol. The molecule has 4 heterocycles. The summed E-state index contributed by atoms with van der Waals surface area (Å²) >= 11 is 0. The minimum absolute atomic E-state index is 0.0144. The van der Waals surface area contributed by atoms with Crippen LogP contribution in [0.2, 0.25) is 0 Å². The fourth-order valence-corrected chi connectivity index (χ4v) is 10.5. The lowest BCUT2D eigenvalue weighted by Crippen LogP contribution is -2.58. The monoisotopic (exact) mass is 896 g/mol. The molecule has 0 unspecified atom stereocenters. The Morgan fingerprint density at radius 2 is 1.70 bits per heavy atom. The van der Waals surface area contributed by atoms with E-state index in [9.17, 15) is 27.6 Å². The molecule has 5 aliphatic rings. The van der Waals surface area contributed by atoms with Gasteiger partial charge >= 0.3 is 6.09 Å². The van der Waals surface area contributed by atoms with Gasteiger partial charge in [0.05, 0.1) is 17.4 Å². The predicted octanol–water partition coefficient (Wildman–Crippen LogP) is 6.61. The van der Waals surface area contributed by atoms with E-state index in [4.69, 9.17) is 28.6 Å². The van der Waals surface area contributed by atoms with Gasteiger partial charge in [-0.25, -0.2) is 18.2 Å². The van der Waals surface area contributed by atoms with Gasteiger partial charge in [-0.05, 0) is 121 Å². The highest BCUT2D eigenvalue weighted by atomic mass is 32.2. The normalized spacial score (nSPS) is 26.1. The molecule has 3 saturated carbocycles. The summed E-state index contributed by atoms with van der Waals surface area (Å²) in [4.78, 5) is 68.1. The first-order chi connectivity index (χ1) is 30.7. The molecule has 5 atom stereocenters. The van der Waals surface area contributed by atoms with Gasteiger partial charge in [-0.15, -0.1) is 0 Å². The van der Waals surface area contributed by atoms with Gasteiger partial charge in [-0.2, -0.15) is 4.98 Å². The molecule has 3 aliphatic carbocycles. The number of carbonyl (C=O) groups is 4. The lowest BCUT2D eigenvalue weighted by atomic mass is 10.0. The van der Waals surface area contributed by atoms with Gasteiger partial charge in [-0.3, -0.25) is 19.1 Å². The standard InChI is InChI=1S/C47H56N6O10S/c1-28(2)60-32-21-19-29(20-22-32)40-49-38-34-16-11-12-18-37(34)63-39(38)42(50-40)61-33-25-36-41(54)51-47(44(56)52-64(58,59)46(3)23-24-46)26-30(47)13-7-5-4-6-8-17-35(43(55)53(36)27-33)48-45(57)62-31-14-9-10-15-31/h7,11-13,16,18-22,28,30-31,33,35-36H,4-6,8-10,14-15,17,23-27H2,1-3H3,(H,48,57)(H,51,54)(H,52,56)/t30-,33-,35+,36+,47-/m1/s1. The number of fused-ring (bicyclic) bond motifs is 5. The minimum Gasteiger partial charge on any atom is -0.491 e. The van der Waals surface area contributed by atoms with Crippen LogP contribution in [0.25, 0.3) is 33.5 Å². The average Bonchev–Trinajstić information content (AvgIpc) is 3.92. The van der Waals surface area contributed by atoms with Crippen molar-refractivity contribution in [2.75, 3.05) is 6.54 Å². The minimum atomic E-state index is -4.02. The van der Waals surface area contributed by atoms with Crippen LogP contribution in [0.3, 0.4) is 0 Å². The van der Waals surface area contributed by atoms with Gasteiger partial charge < -0.3 is 34.2 Å². The Bertz CT molecular complexity index is 2580. The third kappa shape index (κ3) is 8.87. The van der Waals surface area contributed by atoms with E-state index in [1.165, 1.54) is 4.90 Å². The molecule has 0 spiro atoms. The number of sulfonamides is 1. The number of nitrogens with zero attached hydrogens (tertiary/aromatic N) is 3. The molecule has 2 aliphatic heterocycles. The second-order valence-electron chi connectivity index (χ2n) is 18.5. The van der Waals surface area contributed by atoms with Crippen LogP contribution in [0.15, 0.2) is 65.1 Å². The van der Waals surface area contributed by atoms with E-state index in [2.05, 4.69) is 15.4 Å². The molecule has 4 aromatic rings. The van der Waals surface area contributed by atoms with Gasteiger partial charge in [0.25, 0.3) is 11.8 Å². The quantitative estimate of drug-likeness (QED) is 0.144. The number of rotatable bonds is 10. The molecule has 16 nitrogen and oxygen atoms in total. The highest BCUT2D eigenvalue weighted by molar-refractivity contribution is 7.91. The van der Waals surface area contributed by atoms with Gasteiger partial charge in [0, 0.05) is 23.3 Å². The van der Waals surface area contributed by atoms with Gasteiger partial charge in [0.1, 0.15) is 46.7 Å². The van der Waals surface area contributed by atoms with E-state index in [-0.39, 0.29) is 43.1 Å². The third-order valence-electron chi connectivity index (χ3n) is 13.3. The summed E-state index contributed by atoms with van der Waals surface area (Å²) in [5.41, 5.74) is 0.499. The first-order valence-electron chi connectivity index (χ1n) is 22.7. The molecule has 1 saturated heterocycles. The van der Waals surface area contributed by atoms with Crippen molar-refractivity contribution in [3.63, 3.8) is 0 Å². The van der Waals surface area contributed by atoms with Crippen LogP contribution in [-0.4, -0.2) is 94.3 Å². The Kier molecular flexibility index (Phi) is 11.8. The van der Waals surface area contributed by atoms with Crippen molar-refractivity contribution < 1.29 is 46.2 Å². The Morgan fingerprint density at radius 3 is 2.45 bits per heavy atom. The van der Waals surface area contributed by atoms with E-state index < -0.39 is 68.2 Å². The molecule has 4 amide bonds. The summed E-state index contributed by atoms with van der Waals surface area (Å²) in [5.74, 6) is -1.28. The maximum Gasteiger partial charge on any atom is 0.408 e. The summed E-state index contributed by atoms with van der Waals surface area (Å²) in [6, 6.07) is 12.6. The zero-order valence-electron chi connectivity index (χ0n) is 36.5. The van der Waals surface area contributed by atoms with Crippen molar-refractivity contribution in [1.82, 2.24) is 30.2 Å². The zero-order valence-corrected chi connectivity index (χ0v) is 37.3. The van der Waals surface area contributed by atoms with Crippen LogP contribution < -0.4 is 24.8 Å². The van der Waals surface area contributed by atoms with Crippen LogP contribution in [0.5, 0.6) is 11.6 Å². The largest absolute Gasteiger partial charge is 0.491 e. The summed E-state index contributed by atoms with van der Waals surface area (Å²) < 4.78 is 52.4. The van der Waals surface area contributed by atoms with Crippen LogP contribution in [0.4, 0.5) is 4.79 Å². The number of alkyl carbamates (subject to hydrolysis) is 1. The van der Waals surface area contributed by atoms with E-state index >= 15 is 0 Å². The highest BCUT2D eigenvalue weighted by Gasteiger charge is 2.63. The van der Waals surface area contributed by atoms with E-state index in [0.717, 1.165) is 43.9 Å². The number of furan rings is 1. The Labute approximate surface area is 372 Å². The van der Waals surface area contributed by atoms with Crippen molar-refractivity contribution in [2.24, 2.45) is 5.92 Å². The molecule has 0 radical (unpaired) electrons. The van der Waals surface area contributed by atoms with E-state index in [1.807, 2.05) is 74.5 Å². The molecule has 3 N–H and O–H groups in total. The lowest BCUT2D eigenvalue weighted by Gasteiger charge is -2.30. The average molecular weight is 897 g/mol. The second-order valence-corrected chi connectivity index (χ2v) is 20.7. The molecule has 4 fully saturated rings. The summed E-state index contributed by atoms with van der Waals surface area (Å²) in [7, 11) is -4.02. The number of hydrogen-bond donors (Lipinski definition) is 3. The lowest BCUT2D eigenvalue weighted by molar-refractivity contribution is -0.141. The number of carbonyl (C=O) groups excluding carboxylic acids is 4. The van der Waals surface area contributed by atoms with Crippen molar-refractivity contribution in [2.45, 2.75) is 145 Å². The SMILES string of the molecule is CC(C)Oc1ccc(-c2nc(O[C@@H]3C[C@H]4C(=O)N[C@]5(C(=O)NS(=O)(=O)C6(C)CC6)C[C@H]5C=CCCCCC[C@H](NC(=O)OC5CCCC5)C(=O)N4C3)c3oc4ccccc4c3n2)cc1. The fraction of sp³-hybridized carbons (Fsp3) is 0.532. The number of allylic oxidation sites excluding steroid dienone is 1. The van der Waals surface area contributed by atoms with Gasteiger partial charge in [0.15, 0.2) is 5.82 Å². The molecular weight excluding hydrogens is 841 g/mol. The molecule has 64 heavy (non-hydrogen) atoms. The number of para-hydroxylation sites is 1. The summed E-state index contributed by atoms with van der Waals surface area (Å²) in [6.07, 6.45) is 9.65. The first kappa shape index (κ1) is 43.5. The van der Waals surface area contributed by atoms with Crippen LogP contribution in [0.1, 0.15) is 104 Å². The highest BCUT2D eigenvalue weighted by Crippen LogP contribution is 2.48. The Morgan fingerprint density at radius 1 is 0.953 bits per heavy atom. The Balaban J connectivity index is 1.05. The number of aromatic nitrogens is 2. The van der Waals surface area contributed by atoms with Crippen LogP contribution in [0, 0.1) is 5.92 Å². The second kappa shape index (κ2) is 17.3. The zero-order chi connectivity index (χ0) is 44.8. The smallest absolute Gasteiger partial charge is 0.408 e. The topological polar surface area (TPSA) is 208 Å². The molecule has 2 aromatic heterocycles. The number of benzene rings is 2. The Hall–Kier alpha value is -5.71. The van der Waals surface area contributed by atoms with Crippen molar-refractivity contribution in [1.29, 1.82) is 0 Å². The summed E-state index contributed by atoms with van der Waals surface area (Å²) in [5, 5.41) is 6.50. The molecule has 17 heteroatoms. The van der Waals surface area contributed by atoms with E-state index in [1.54, 1.807) is 6.92 Å². The third-order valence-corrected chi connectivity index (χ3v) is 15.5. The maximum atomic E-state index is 14.8. The van der Waals surface area contributed by atoms with Crippen molar-refractivity contribution in [3.05, 3.63) is 60.7 Å². The van der Waals surface area contributed by atoms with Gasteiger partial charge in [0.2, 0.25) is 27.4 Å². The van der Waals surface area contributed by atoms with Crippen molar-refractivity contribution in [3.8, 4) is 23.0 Å². The van der Waals surface area contributed by atoms with Crippen LogP contribution in [-0.2, 0) is 29.1 Å². The number of ether oxygens (including phenoxy) is 3. The van der Waals surface area contributed by atoms with Crippen LogP contribution >= 0.6 is 0 Å². The molecule has 340 valence electrons. The maximum absolute atomic E-state index is 14.8. The number of amides is 4. The van der Waals surface area contributed by atoms with E-state index in [0.29, 0.717) is 60.3 Å². The number of hydrogen-bond acceptors (Lipinski definition) is 12. The molecule has 9 rings (SSSR count). The number of nitrogens with one attached hydrogen (secondary N) is 3. The molecule has 2 aromatic carbocycles. The fourth-order valence-electron chi connectivity index (χ4n) is 9.17. The first-order valence-corrected chi connectivity index (χ1v) is 24.2.